The highest BCUT2D eigenvalue weighted by Crippen LogP contribution is 2.30. The van der Waals surface area contributed by atoms with E-state index in [0.717, 1.165) is 10.7 Å². The van der Waals surface area contributed by atoms with Crippen LogP contribution in [0.5, 0.6) is 0 Å². The molecule has 0 atom stereocenters. The van der Waals surface area contributed by atoms with Crippen LogP contribution in [0.15, 0.2) is 24.3 Å². The average Bonchev–Trinajstić information content (AvgIpc) is 2.45. The Balaban J connectivity index is 2.54. The van der Waals surface area contributed by atoms with Gasteiger partial charge in [-0.05, 0) is 54.1 Å². The predicted octanol–water partition coefficient (Wildman–Crippen LogP) is 3.91. The maximum atomic E-state index is 4.32. The monoisotopic (exact) mass is 314 g/mol. The van der Waals surface area contributed by atoms with E-state index in [0.29, 0.717) is 0 Å². The Morgan fingerprint density at radius 1 is 1.43 bits per heavy atom. The summed E-state index contributed by atoms with van der Waals surface area (Å²) < 4.78 is 1.24. The number of halogens is 1. The van der Waals surface area contributed by atoms with Gasteiger partial charge < -0.3 is 0 Å². The minimum atomic E-state index is 0.884. The molecule has 1 aromatic heterocycles. The summed E-state index contributed by atoms with van der Waals surface area (Å²) in [6, 6.07) is 8.40. The summed E-state index contributed by atoms with van der Waals surface area (Å²) in [4.78, 5) is 5.50. The zero-order valence-corrected chi connectivity index (χ0v) is 10.7. The van der Waals surface area contributed by atoms with E-state index >= 15 is 0 Å². The summed E-state index contributed by atoms with van der Waals surface area (Å²) in [5.41, 5.74) is 2.10. The highest BCUT2D eigenvalue weighted by molar-refractivity contribution is 14.1. The van der Waals surface area contributed by atoms with Crippen molar-refractivity contribution < 1.29 is 0 Å². The minimum Gasteiger partial charge on any atom is -0.246 e. The first-order valence-electron chi connectivity index (χ1n) is 4.22. The molecule has 0 saturated carbocycles. The van der Waals surface area contributed by atoms with Crippen LogP contribution in [-0.2, 0) is 0 Å². The first-order chi connectivity index (χ1) is 6.66. The fraction of sp³-hybridized carbons (Fsp3) is 0.0909. The van der Waals surface area contributed by atoms with Crippen LogP contribution >= 0.6 is 33.9 Å². The van der Waals surface area contributed by atoms with Crippen LogP contribution in [0.3, 0.4) is 0 Å². The number of nitrogens with zero attached hydrogens (tertiary/aromatic N) is 1. The Morgan fingerprint density at radius 2 is 2.21 bits per heavy atom. The van der Waals surface area contributed by atoms with Gasteiger partial charge in [0.15, 0.2) is 0 Å². The lowest BCUT2D eigenvalue weighted by Crippen LogP contribution is -1.78. The molecule has 0 aliphatic rings. The fourth-order valence-electron chi connectivity index (χ4n) is 1.33. The molecule has 2 aromatic rings. The third-order valence-electron chi connectivity index (χ3n) is 1.89. The number of aromatic nitrogens is 1. The van der Waals surface area contributed by atoms with Crippen molar-refractivity contribution in [3.05, 3.63) is 45.5 Å². The fourth-order valence-corrected chi connectivity index (χ4v) is 2.73. The van der Waals surface area contributed by atoms with Crippen molar-refractivity contribution in [1.82, 2.24) is 4.98 Å². The van der Waals surface area contributed by atoms with Gasteiger partial charge in [-0.2, -0.15) is 0 Å². The second-order valence-electron chi connectivity index (χ2n) is 3.02. The Hall–Kier alpha value is -0.420. The van der Waals surface area contributed by atoms with Gasteiger partial charge in [0.25, 0.3) is 0 Å². The number of thiazole rings is 1. The van der Waals surface area contributed by atoms with Crippen molar-refractivity contribution in [3.63, 3.8) is 0 Å². The van der Waals surface area contributed by atoms with Gasteiger partial charge >= 0.3 is 0 Å². The van der Waals surface area contributed by atoms with Gasteiger partial charge in [0, 0.05) is 3.57 Å². The molecule has 0 bridgehead atoms. The topological polar surface area (TPSA) is 12.9 Å². The van der Waals surface area contributed by atoms with Crippen molar-refractivity contribution >= 4 is 33.9 Å². The molecule has 0 saturated heterocycles. The molecule has 0 N–H and O–H groups in total. The van der Waals surface area contributed by atoms with E-state index in [4.69, 9.17) is 0 Å². The maximum Gasteiger partial charge on any atom is 0.0903 e. The molecule has 0 aliphatic heterocycles. The molecule has 0 unspecified atom stereocenters. The lowest BCUT2D eigenvalue weighted by atomic mass is 10.2. The second-order valence-corrected chi connectivity index (χ2v) is 5.47. The lowest BCUT2D eigenvalue weighted by molar-refractivity contribution is 1.25. The molecule has 3 heteroatoms. The van der Waals surface area contributed by atoms with Crippen molar-refractivity contribution in [2.24, 2.45) is 0 Å². The van der Waals surface area contributed by atoms with Gasteiger partial charge in [-0.25, -0.2) is 4.98 Å². The normalized spacial score (nSPS) is 10.5. The molecule has 0 spiro atoms. The molecule has 14 heavy (non-hydrogen) atoms. The maximum absolute atomic E-state index is 4.32. The van der Waals surface area contributed by atoms with Crippen LogP contribution in [0.25, 0.3) is 10.4 Å². The van der Waals surface area contributed by atoms with E-state index in [9.17, 15) is 0 Å². The third kappa shape index (κ3) is 1.98. The van der Waals surface area contributed by atoms with Gasteiger partial charge in [-0.15, -0.1) is 11.3 Å². The van der Waals surface area contributed by atoms with Crippen LogP contribution in [0.2, 0.25) is 0 Å². The van der Waals surface area contributed by atoms with E-state index in [1.165, 1.54) is 14.0 Å². The van der Waals surface area contributed by atoms with Crippen molar-refractivity contribution in [2.75, 3.05) is 0 Å². The molecule has 2 rings (SSSR count). The van der Waals surface area contributed by atoms with Crippen LogP contribution < -0.4 is 0 Å². The molecule has 71 valence electrons. The van der Waals surface area contributed by atoms with E-state index in [-0.39, 0.29) is 0 Å². The molecule has 1 radical (unpaired) electrons. The smallest absolute Gasteiger partial charge is 0.0903 e. The van der Waals surface area contributed by atoms with Gasteiger partial charge in [-0.3, -0.25) is 0 Å². The molecule has 0 fully saturated rings. The van der Waals surface area contributed by atoms with Gasteiger partial charge in [0.1, 0.15) is 0 Å². The quantitative estimate of drug-likeness (QED) is 0.727. The predicted molar refractivity (Wildman–Crippen MR) is 69.5 cm³/mol. The molecule has 1 aromatic carbocycles. The van der Waals surface area contributed by atoms with E-state index < -0.39 is 0 Å². The Morgan fingerprint density at radius 3 is 2.79 bits per heavy atom. The Kier molecular flexibility index (Phi) is 2.88. The molecule has 1 heterocycles. The van der Waals surface area contributed by atoms with Crippen LogP contribution in [-0.4, -0.2) is 4.98 Å². The summed E-state index contributed by atoms with van der Waals surface area (Å²) >= 11 is 4.01. The summed E-state index contributed by atoms with van der Waals surface area (Å²) in [7, 11) is 0. The van der Waals surface area contributed by atoms with E-state index in [1.54, 1.807) is 11.3 Å². The lowest BCUT2D eigenvalue weighted by Gasteiger charge is -1.98. The second kappa shape index (κ2) is 3.98. The molecule has 1 nitrogen and oxygen atoms in total. The number of benzene rings is 1. The first-order valence-corrected chi connectivity index (χ1v) is 6.11. The van der Waals surface area contributed by atoms with Gasteiger partial charge in [0.2, 0.25) is 0 Å². The first kappa shape index (κ1) is 10.1. The summed E-state index contributed by atoms with van der Waals surface area (Å²) in [6.45, 7) is 5.95. The van der Waals surface area contributed by atoms with Crippen molar-refractivity contribution in [2.45, 2.75) is 6.92 Å². The van der Waals surface area contributed by atoms with Crippen LogP contribution in [0, 0.1) is 17.4 Å². The SMILES string of the molecule is [CH2]c1nc(C)sc1-c1cccc(I)c1. The minimum absolute atomic E-state index is 0.884. The number of hydrogen-bond acceptors (Lipinski definition) is 2. The Labute approximate surface area is 101 Å². The van der Waals surface area contributed by atoms with E-state index in [2.05, 4.69) is 58.8 Å². The van der Waals surface area contributed by atoms with Gasteiger partial charge in [-0.1, -0.05) is 12.1 Å². The number of rotatable bonds is 1. The summed E-state index contributed by atoms with van der Waals surface area (Å²) in [6.07, 6.45) is 0. The largest absolute Gasteiger partial charge is 0.246 e. The highest BCUT2D eigenvalue weighted by Gasteiger charge is 2.06. The molecular formula is C11H9INS. The van der Waals surface area contributed by atoms with Gasteiger partial charge in [0.05, 0.1) is 15.6 Å². The van der Waals surface area contributed by atoms with Crippen LogP contribution in [0.4, 0.5) is 0 Å². The number of aryl methyl sites for hydroxylation is 1. The number of hydrogen-bond donors (Lipinski definition) is 0. The average molecular weight is 314 g/mol. The van der Waals surface area contributed by atoms with E-state index in [1.807, 2.05) is 6.92 Å². The zero-order valence-electron chi connectivity index (χ0n) is 7.75. The summed E-state index contributed by atoms with van der Waals surface area (Å²) in [5.74, 6) is 0. The van der Waals surface area contributed by atoms with Crippen molar-refractivity contribution in [1.29, 1.82) is 0 Å². The van der Waals surface area contributed by atoms with Crippen molar-refractivity contribution in [3.8, 4) is 10.4 Å². The zero-order chi connectivity index (χ0) is 10.1. The molecule has 0 amide bonds. The Bertz CT molecular complexity index is 462. The molecule has 0 aliphatic carbocycles. The molecular weight excluding hydrogens is 305 g/mol. The summed E-state index contributed by atoms with van der Waals surface area (Å²) in [5, 5.41) is 1.07. The standard InChI is InChI=1S/C11H9INS/c1-7-11(14-8(2)13-7)9-4-3-5-10(12)6-9/h3-6H,1H2,2H3. The highest BCUT2D eigenvalue weighted by atomic mass is 127. The van der Waals surface area contributed by atoms with Crippen LogP contribution in [0.1, 0.15) is 10.7 Å². The third-order valence-corrected chi connectivity index (χ3v) is 3.62.